The number of hydrogen-bond acceptors (Lipinski definition) is 3. The van der Waals surface area contributed by atoms with Gasteiger partial charge in [0, 0.05) is 5.39 Å². The number of nitrogens with zero attached hydrogens (tertiary/aromatic N) is 1. The van der Waals surface area contributed by atoms with Crippen LogP contribution in [0, 0.1) is 5.82 Å². The molecule has 3 aromatic rings. The van der Waals surface area contributed by atoms with Crippen LogP contribution < -0.4 is 10.9 Å². The molecule has 3 rings (SSSR count). The van der Waals surface area contributed by atoms with E-state index in [4.69, 9.17) is 0 Å². The van der Waals surface area contributed by atoms with Gasteiger partial charge < -0.3 is 0 Å². The van der Waals surface area contributed by atoms with Crippen LogP contribution in [-0.2, 0) is 11.2 Å². The molecule has 0 spiro atoms. The number of carbonyl (C=O) groups excluding carboxylic acids is 2. The highest BCUT2D eigenvalue weighted by atomic mass is 19.1. The maximum Gasteiger partial charge on any atom is 0.288 e. The molecule has 0 atom stereocenters. The Bertz CT molecular complexity index is 894. The van der Waals surface area contributed by atoms with Gasteiger partial charge in [-0.2, -0.15) is 0 Å². The lowest BCUT2D eigenvalue weighted by Gasteiger charge is -2.07. The van der Waals surface area contributed by atoms with Crippen LogP contribution in [0.25, 0.3) is 10.9 Å². The van der Waals surface area contributed by atoms with Gasteiger partial charge in [0.05, 0.1) is 11.9 Å². The maximum atomic E-state index is 12.8. The minimum atomic E-state index is -0.506. The van der Waals surface area contributed by atoms with Gasteiger partial charge in [0.1, 0.15) is 11.5 Å². The van der Waals surface area contributed by atoms with Crippen LogP contribution in [0.4, 0.5) is 4.39 Å². The first-order chi connectivity index (χ1) is 11.6. The van der Waals surface area contributed by atoms with E-state index in [0.29, 0.717) is 11.1 Å². The summed E-state index contributed by atoms with van der Waals surface area (Å²) < 4.78 is 12.8. The zero-order valence-corrected chi connectivity index (χ0v) is 12.6. The van der Waals surface area contributed by atoms with E-state index in [1.54, 1.807) is 18.2 Å². The second-order valence-electron chi connectivity index (χ2n) is 5.19. The van der Waals surface area contributed by atoms with Gasteiger partial charge in [-0.1, -0.05) is 36.4 Å². The van der Waals surface area contributed by atoms with E-state index < -0.39 is 11.8 Å². The summed E-state index contributed by atoms with van der Waals surface area (Å²) in [5.74, 6) is -1.28. The van der Waals surface area contributed by atoms with Gasteiger partial charge >= 0.3 is 0 Å². The van der Waals surface area contributed by atoms with Crippen molar-refractivity contribution in [2.75, 3.05) is 0 Å². The highest BCUT2D eigenvalue weighted by molar-refractivity contribution is 5.96. The van der Waals surface area contributed by atoms with Crippen molar-refractivity contribution in [3.8, 4) is 0 Å². The van der Waals surface area contributed by atoms with Crippen molar-refractivity contribution in [2.45, 2.75) is 6.42 Å². The van der Waals surface area contributed by atoms with E-state index in [-0.39, 0.29) is 17.9 Å². The summed E-state index contributed by atoms with van der Waals surface area (Å²) in [4.78, 5) is 28.1. The minimum Gasteiger partial charge on any atom is -0.273 e. The second kappa shape index (κ2) is 6.87. The van der Waals surface area contributed by atoms with Crippen LogP contribution in [0.15, 0.2) is 60.7 Å². The summed E-state index contributed by atoms with van der Waals surface area (Å²) in [6.07, 6.45) is 0.0334. The molecule has 0 bridgehead atoms. The Labute approximate surface area is 137 Å². The SMILES string of the molecule is O=C(Cc1ccc(F)cc1)NNC(=O)c1ccc2ccccc2n1. The molecule has 0 aliphatic heterocycles. The predicted octanol–water partition coefficient (Wildman–Crippen LogP) is 2.38. The Kier molecular flexibility index (Phi) is 4.47. The van der Waals surface area contributed by atoms with Crippen LogP contribution in [0.2, 0.25) is 0 Å². The number of aromatic nitrogens is 1. The molecule has 0 aliphatic carbocycles. The Hall–Kier alpha value is -3.28. The first-order valence-corrected chi connectivity index (χ1v) is 7.31. The first kappa shape index (κ1) is 15.6. The van der Waals surface area contributed by atoms with Gasteiger partial charge in [-0.25, -0.2) is 9.37 Å². The van der Waals surface area contributed by atoms with Gasteiger partial charge in [0.25, 0.3) is 5.91 Å². The third-order valence-electron chi connectivity index (χ3n) is 3.42. The lowest BCUT2D eigenvalue weighted by molar-refractivity contribution is -0.121. The summed E-state index contributed by atoms with van der Waals surface area (Å²) in [6, 6.07) is 16.4. The molecule has 0 saturated heterocycles. The molecule has 0 aliphatic rings. The summed E-state index contributed by atoms with van der Waals surface area (Å²) in [5.41, 5.74) is 6.19. The number of hydrazine groups is 1. The van der Waals surface area contributed by atoms with Crippen LogP contribution in [0.1, 0.15) is 16.1 Å². The number of nitrogens with one attached hydrogen (secondary N) is 2. The van der Waals surface area contributed by atoms with Gasteiger partial charge in [-0.05, 0) is 29.8 Å². The zero-order valence-electron chi connectivity index (χ0n) is 12.6. The standard InChI is InChI=1S/C18H14FN3O2/c19-14-8-5-12(6-9-14)11-17(23)21-22-18(24)16-10-7-13-3-1-2-4-15(13)20-16/h1-10H,11H2,(H,21,23)(H,22,24). The smallest absolute Gasteiger partial charge is 0.273 e. The molecular formula is C18H14FN3O2. The molecule has 1 aromatic heterocycles. The molecule has 24 heavy (non-hydrogen) atoms. The zero-order chi connectivity index (χ0) is 16.9. The number of carbonyl (C=O) groups is 2. The normalized spacial score (nSPS) is 10.4. The second-order valence-corrected chi connectivity index (χ2v) is 5.19. The third kappa shape index (κ3) is 3.73. The summed E-state index contributed by atoms with van der Waals surface area (Å²) in [7, 11) is 0. The molecule has 120 valence electrons. The predicted molar refractivity (Wildman–Crippen MR) is 87.5 cm³/mol. The van der Waals surface area contributed by atoms with Crippen LogP contribution in [0.3, 0.4) is 0 Å². The van der Waals surface area contributed by atoms with E-state index in [9.17, 15) is 14.0 Å². The first-order valence-electron chi connectivity index (χ1n) is 7.31. The molecule has 2 N–H and O–H groups in total. The molecule has 0 unspecified atom stereocenters. The lowest BCUT2D eigenvalue weighted by atomic mass is 10.1. The van der Waals surface area contributed by atoms with Crippen molar-refractivity contribution in [1.29, 1.82) is 0 Å². The van der Waals surface area contributed by atoms with Crippen molar-refractivity contribution in [2.24, 2.45) is 0 Å². The van der Waals surface area contributed by atoms with Gasteiger partial charge in [-0.3, -0.25) is 20.4 Å². The molecule has 0 saturated carbocycles. The maximum absolute atomic E-state index is 12.8. The number of hydrogen-bond donors (Lipinski definition) is 2. The summed E-state index contributed by atoms with van der Waals surface area (Å²) in [6.45, 7) is 0. The molecular weight excluding hydrogens is 309 g/mol. The Morgan fingerprint density at radius 3 is 2.46 bits per heavy atom. The van der Waals surface area contributed by atoms with Crippen LogP contribution >= 0.6 is 0 Å². The molecule has 1 heterocycles. The van der Waals surface area contributed by atoms with Crippen molar-refractivity contribution >= 4 is 22.7 Å². The fraction of sp³-hybridized carbons (Fsp3) is 0.0556. The molecule has 2 amide bonds. The van der Waals surface area contributed by atoms with E-state index >= 15 is 0 Å². The highest BCUT2D eigenvalue weighted by Gasteiger charge is 2.10. The number of amides is 2. The number of benzene rings is 2. The molecule has 2 aromatic carbocycles. The van der Waals surface area contributed by atoms with Crippen molar-refractivity contribution < 1.29 is 14.0 Å². The van der Waals surface area contributed by atoms with E-state index in [2.05, 4.69) is 15.8 Å². The van der Waals surface area contributed by atoms with Crippen molar-refractivity contribution in [1.82, 2.24) is 15.8 Å². The number of fused-ring (bicyclic) bond motifs is 1. The van der Waals surface area contributed by atoms with Gasteiger partial charge in [0.2, 0.25) is 5.91 Å². The molecule has 5 nitrogen and oxygen atoms in total. The summed E-state index contributed by atoms with van der Waals surface area (Å²) >= 11 is 0. The number of rotatable bonds is 3. The fourth-order valence-electron chi connectivity index (χ4n) is 2.21. The van der Waals surface area contributed by atoms with E-state index in [1.165, 1.54) is 24.3 Å². The van der Waals surface area contributed by atoms with Crippen molar-refractivity contribution in [3.05, 3.63) is 77.7 Å². The highest BCUT2D eigenvalue weighted by Crippen LogP contribution is 2.11. The van der Waals surface area contributed by atoms with E-state index in [1.807, 2.05) is 18.2 Å². The Morgan fingerprint density at radius 2 is 1.67 bits per heavy atom. The largest absolute Gasteiger partial charge is 0.288 e. The number of para-hydroxylation sites is 1. The average molecular weight is 323 g/mol. The van der Waals surface area contributed by atoms with Crippen LogP contribution in [-0.4, -0.2) is 16.8 Å². The quantitative estimate of drug-likeness (QED) is 0.727. The molecule has 6 heteroatoms. The number of halogens is 1. The fourth-order valence-corrected chi connectivity index (χ4v) is 2.21. The van der Waals surface area contributed by atoms with E-state index in [0.717, 1.165) is 5.39 Å². The van der Waals surface area contributed by atoms with Crippen LogP contribution in [0.5, 0.6) is 0 Å². The lowest BCUT2D eigenvalue weighted by Crippen LogP contribution is -2.42. The van der Waals surface area contributed by atoms with Crippen molar-refractivity contribution in [3.63, 3.8) is 0 Å². The summed E-state index contributed by atoms with van der Waals surface area (Å²) in [5, 5.41) is 0.925. The molecule has 0 fully saturated rings. The van der Waals surface area contributed by atoms with Gasteiger partial charge in [0.15, 0.2) is 0 Å². The monoisotopic (exact) mass is 323 g/mol. The topological polar surface area (TPSA) is 71.1 Å². The Morgan fingerprint density at radius 1 is 0.917 bits per heavy atom. The minimum absolute atomic E-state index is 0.0334. The third-order valence-corrected chi connectivity index (χ3v) is 3.42. The van der Waals surface area contributed by atoms with Gasteiger partial charge in [-0.15, -0.1) is 0 Å². The Balaban J connectivity index is 1.59. The molecule has 0 radical (unpaired) electrons. The number of pyridine rings is 1. The average Bonchev–Trinajstić information content (AvgIpc) is 2.61.